The molecule has 0 fully saturated rings. The first kappa shape index (κ1) is 13.9. The summed E-state index contributed by atoms with van der Waals surface area (Å²) in [6.07, 6.45) is 2.66. The van der Waals surface area contributed by atoms with Crippen molar-refractivity contribution >= 4 is 28.1 Å². The second-order valence-electron chi connectivity index (χ2n) is 5.17. The molecule has 2 nitrogen and oxygen atoms in total. The number of anilines is 1. The summed E-state index contributed by atoms with van der Waals surface area (Å²) in [6.45, 7) is 2.11. The van der Waals surface area contributed by atoms with Crippen molar-refractivity contribution in [3.8, 4) is 0 Å². The molecule has 1 aromatic heterocycles. The van der Waals surface area contributed by atoms with Crippen LogP contribution in [0, 0.1) is 6.92 Å². The van der Waals surface area contributed by atoms with Crippen molar-refractivity contribution in [2.45, 2.75) is 13.3 Å². The highest BCUT2D eigenvalue weighted by molar-refractivity contribution is 6.30. The second kappa shape index (κ2) is 5.74. The number of pyridine rings is 1. The minimum absolute atomic E-state index is 0.763. The average Bonchev–Trinajstić information content (AvgIpc) is 2.47. The van der Waals surface area contributed by atoms with E-state index < -0.39 is 0 Å². The lowest BCUT2D eigenvalue weighted by molar-refractivity contribution is 1.10. The van der Waals surface area contributed by atoms with E-state index >= 15 is 0 Å². The molecule has 0 unspecified atom stereocenters. The fourth-order valence-electron chi connectivity index (χ4n) is 2.74. The lowest BCUT2D eigenvalue weighted by Crippen LogP contribution is -1.98. The van der Waals surface area contributed by atoms with E-state index in [-0.39, 0.29) is 0 Å². The van der Waals surface area contributed by atoms with Crippen molar-refractivity contribution in [2.24, 2.45) is 0 Å². The Hall–Kier alpha value is -2.06. The van der Waals surface area contributed by atoms with E-state index in [9.17, 15) is 0 Å². The van der Waals surface area contributed by atoms with Gasteiger partial charge >= 0.3 is 0 Å². The molecule has 3 rings (SSSR count). The van der Waals surface area contributed by atoms with Crippen LogP contribution in [0.1, 0.15) is 16.8 Å². The van der Waals surface area contributed by atoms with E-state index in [2.05, 4.69) is 41.5 Å². The van der Waals surface area contributed by atoms with Gasteiger partial charge in [0.25, 0.3) is 0 Å². The zero-order chi connectivity index (χ0) is 14.8. The Bertz CT molecular complexity index is 796. The zero-order valence-electron chi connectivity index (χ0n) is 12.2. The summed E-state index contributed by atoms with van der Waals surface area (Å²) in [4.78, 5) is 4.57. The summed E-state index contributed by atoms with van der Waals surface area (Å²) in [5.74, 6) is 0. The molecule has 2 aromatic carbocycles. The molecule has 1 N–H and O–H groups in total. The Morgan fingerprint density at radius 1 is 1.10 bits per heavy atom. The van der Waals surface area contributed by atoms with Gasteiger partial charge in [-0.3, -0.25) is 4.98 Å². The molecular weight excluding hydrogens is 280 g/mol. The lowest BCUT2D eigenvalue weighted by atomic mass is 10.0. The molecule has 1 heterocycles. The standard InChI is InChI=1S/C18H17ClN2/c1-12-6-7-15-16(18(12)20-2)8-9-21-17(15)11-13-4-3-5-14(19)10-13/h3-10,20H,11H2,1-2H3. The zero-order valence-corrected chi connectivity index (χ0v) is 12.9. The van der Waals surface area contributed by atoms with Crippen LogP contribution >= 0.6 is 11.6 Å². The number of fused-ring (bicyclic) bond motifs is 1. The minimum atomic E-state index is 0.763. The maximum absolute atomic E-state index is 6.07. The molecule has 3 heteroatoms. The van der Waals surface area contributed by atoms with Crippen LogP contribution in [-0.4, -0.2) is 12.0 Å². The number of nitrogens with one attached hydrogen (secondary N) is 1. The van der Waals surface area contributed by atoms with Gasteiger partial charge in [0, 0.05) is 41.1 Å². The number of halogens is 1. The Labute approximate surface area is 129 Å². The second-order valence-corrected chi connectivity index (χ2v) is 5.60. The van der Waals surface area contributed by atoms with Gasteiger partial charge in [-0.05, 0) is 36.2 Å². The first-order valence-corrected chi connectivity index (χ1v) is 7.36. The summed E-state index contributed by atoms with van der Waals surface area (Å²) >= 11 is 6.07. The first-order chi connectivity index (χ1) is 10.2. The fourth-order valence-corrected chi connectivity index (χ4v) is 2.95. The topological polar surface area (TPSA) is 24.9 Å². The molecule has 0 saturated heterocycles. The van der Waals surface area contributed by atoms with Crippen molar-refractivity contribution < 1.29 is 0 Å². The van der Waals surface area contributed by atoms with Crippen LogP contribution in [0.4, 0.5) is 5.69 Å². The van der Waals surface area contributed by atoms with Crippen LogP contribution in [0.2, 0.25) is 5.02 Å². The number of benzene rings is 2. The number of rotatable bonds is 3. The molecule has 0 bridgehead atoms. The maximum atomic E-state index is 6.07. The van der Waals surface area contributed by atoms with Crippen LogP contribution in [0.15, 0.2) is 48.7 Å². The Morgan fingerprint density at radius 2 is 1.95 bits per heavy atom. The van der Waals surface area contributed by atoms with Crippen molar-refractivity contribution in [2.75, 3.05) is 12.4 Å². The minimum Gasteiger partial charge on any atom is -0.387 e. The van der Waals surface area contributed by atoms with Gasteiger partial charge in [-0.25, -0.2) is 0 Å². The number of nitrogens with zero attached hydrogens (tertiary/aromatic N) is 1. The number of hydrogen-bond acceptors (Lipinski definition) is 2. The highest BCUT2D eigenvalue weighted by Gasteiger charge is 2.08. The van der Waals surface area contributed by atoms with Crippen LogP contribution in [0.3, 0.4) is 0 Å². The molecule has 0 aliphatic heterocycles. The van der Waals surface area contributed by atoms with E-state index in [4.69, 9.17) is 11.6 Å². The van der Waals surface area contributed by atoms with Gasteiger partial charge in [0.2, 0.25) is 0 Å². The van der Waals surface area contributed by atoms with Crippen LogP contribution in [-0.2, 0) is 6.42 Å². The molecule has 0 aliphatic carbocycles. The third kappa shape index (κ3) is 2.72. The van der Waals surface area contributed by atoms with E-state index in [0.717, 1.165) is 17.1 Å². The quantitative estimate of drug-likeness (QED) is 0.749. The third-order valence-corrected chi connectivity index (χ3v) is 3.98. The molecule has 0 amide bonds. The monoisotopic (exact) mass is 296 g/mol. The summed E-state index contributed by atoms with van der Waals surface area (Å²) in [5.41, 5.74) is 4.66. The maximum Gasteiger partial charge on any atom is 0.0526 e. The average molecular weight is 297 g/mol. The molecule has 0 radical (unpaired) electrons. The smallest absolute Gasteiger partial charge is 0.0526 e. The van der Waals surface area contributed by atoms with Crippen LogP contribution < -0.4 is 5.32 Å². The molecule has 0 aliphatic rings. The first-order valence-electron chi connectivity index (χ1n) is 6.98. The van der Waals surface area contributed by atoms with Crippen molar-refractivity contribution in [1.82, 2.24) is 4.98 Å². The summed E-state index contributed by atoms with van der Waals surface area (Å²) < 4.78 is 0. The Kier molecular flexibility index (Phi) is 3.80. The normalized spacial score (nSPS) is 10.8. The van der Waals surface area contributed by atoms with Gasteiger partial charge in [-0.1, -0.05) is 35.9 Å². The molecule has 21 heavy (non-hydrogen) atoms. The fraction of sp³-hybridized carbons (Fsp3) is 0.167. The summed E-state index contributed by atoms with van der Waals surface area (Å²) in [6, 6.07) is 14.3. The molecule has 3 aromatic rings. The van der Waals surface area contributed by atoms with Crippen molar-refractivity contribution in [1.29, 1.82) is 0 Å². The lowest BCUT2D eigenvalue weighted by Gasteiger charge is -2.12. The van der Waals surface area contributed by atoms with Crippen molar-refractivity contribution in [3.63, 3.8) is 0 Å². The Morgan fingerprint density at radius 3 is 2.71 bits per heavy atom. The van der Waals surface area contributed by atoms with Gasteiger partial charge < -0.3 is 5.32 Å². The van der Waals surface area contributed by atoms with E-state index in [1.54, 1.807) is 0 Å². The third-order valence-electron chi connectivity index (χ3n) is 3.75. The molecular formula is C18H17ClN2. The van der Waals surface area contributed by atoms with E-state index in [1.165, 1.54) is 27.6 Å². The number of hydrogen-bond donors (Lipinski definition) is 1. The van der Waals surface area contributed by atoms with Crippen molar-refractivity contribution in [3.05, 3.63) is 70.5 Å². The van der Waals surface area contributed by atoms with Crippen LogP contribution in [0.25, 0.3) is 10.8 Å². The molecule has 0 spiro atoms. The highest BCUT2D eigenvalue weighted by Crippen LogP contribution is 2.29. The van der Waals surface area contributed by atoms with Gasteiger partial charge in [0.1, 0.15) is 0 Å². The van der Waals surface area contributed by atoms with Gasteiger partial charge in [-0.15, -0.1) is 0 Å². The van der Waals surface area contributed by atoms with Gasteiger partial charge in [-0.2, -0.15) is 0 Å². The number of aromatic nitrogens is 1. The Balaban J connectivity index is 2.11. The number of aryl methyl sites for hydroxylation is 1. The van der Waals surface area contributed by atoms with Gasteiger partial charge in [0.15, 0.2) is 0 Å². The molecule has 106 valence electrons. The molecule has 0 atom stereocenters. The van der Waals surface area contributed by atoms with Crippen LogP contribution in [0.5, 0.6) is 0 Å². The van der Waals surface area contributed by atoms with Gasteiger partial charge in [0.05, 0.1) is 5.69 Å². The largest absolute Gasteiger partial charge is 0.387 e. The van der Waals surface area contributed by atoms with E-state index in [0.29, 0.717) is 0 Å². The van der Waals surface area contributed by atoms with E-state index in [1.807, 2.05) is 31.4 Å². The highest BCUT2D eigenvalue weighted by atomic mass is 35.5. The predicted octanol–water partition coefficient (Wildman–Crippen LogP) is 4.83. The molecule has 0 saturated carbocycles. The predicted molar refractivity (Wildman–Crippen MR) is 90.3 cm³/mol. The SMILES string of the molecule is CNc1c(C)ccc2c(Cc3cccc(Cl)c3)nccc12. The summed E-state index contributed by atoms with van der Waals surface area (Å²) in [7, 11) is 1.96. The summed E-state index contributed by atoms with van der Waals surface area (Å²) in [5, 5.41) is 6.45.